The van der Waals surface area contributed by atoms with E-state index >= 15 is 0 Å². The Morgan fingerprint density at radius 2 is 2.44 bits per heavy atom. The zero-order valence-electron chi connectivity index (χ0n) is 9.46. The van der Waals surface area contributed by atoms with Gasteiger partial charge in [-0.2, -0.15) is 0 Å². The van der Waals surface area contributed by atoms with E-state index in [0.717, 1.165) is 0 Å². The molecule has 18 heavy (non-hydrogen) atoms. The normalized spacial score (nSPS) is 15.6. The van der Waals surface area contributed by atoms with Gasteiger partial charge in [0.1, 0.15) is 11.4 Å². The van der Waals surface area contributed by atoms with Crippen molar-refractivity contribution in [3.8, 4) is 0 Å². The molecule has 2 aromatic rings. The molecule has 3 heterocycles. The van der Waals surface area contributed by atoms with Crippen LogP contribution in [0.5, 0.6) is 0 Å². The van der Waals surface area contributed by atoms with Crippen molar-refractivity contribution in [3.05, 3.63) is 28.1 Å². The molecule has 0 aliphatic carbocycles. The topological polar surface area (TPSA) is 73.2 Å². The first-order chi connectivity index (χ1) is 8.74. The Bertz CT molecular complexity index is 644. The van der Waals surface area contributed by atoms with Gasteiger partial charge in [-0.25, -0.2) is 4.98 Å². The highest BCUT2D eigenvalue weighted by molar-refractivity contribution is 7.16. The standard InChI is InChI=1S/C11H11N3O3S/c15-9(13-7-4-17-5-7)3-14-6-12-10-8(11(14)16)1-2-18-10/h1-2,6-7H,3-5H2,(H,13,15). The number of hydrogen-bond donors (Lipinski definition) is 1. The predicted octanol–water partition coefficient (Wildman–Crippen LogP) is -0.0270. The van der Waals surface area contributed by atoms with Gasteiger partial charge in [-0.1, -0.05) is 0 Å². The lowest BCUT2D eigenvalue weighted by atomic mass is 10.2. The van der Waals surface area contributed by atoms with Gasteiger partial charge in [0, 0.05) is 0 Å². The monoisotopic (exact) mass is 265 g/mol. The maximum Gasteiger partial charge on any atom is 0.262 e. The number of rotatable bonds is 3. The van der Waals surface area contributed by atoms with Crippen molar-refractivity contribution < 1.29 is 9.53 Å². The Morgan fingerprint density at radius 3 is 3.17 bits per heavy atom. The average Bonchev–Trinajstić information content (AvgIpc) is 2.76. The number of hydrogen-bond acceptors (Lipinski definition) is 5. The van der Waals surface area contributed by atoms with Gasteiger partial charge in [0.15, 0.2) is 0 Å². The van der Waals surface area contributed by atoms with Crippen molar-refractivity contribution in [1.82, 2.24) is 14.9 Å². The minimum atomic E-state index is -0.193. The summed E-state index contributed by atoms with van der Waals surface area (Å²) in [7, 11) is 0. The number of carbonyl (C=O) groups excluding carboxylic acids is 1. The summed E-state index contributed by atoms with van der Waals surface area (Å²) in [6, 6.07) is 1.80. The Kier molecular flexibility index (Phi) is 2.85. The number of nitrogens with one attached hydrogen (secondary N) is 1. The lowest BCUT2D eigenvalue weighted by molar-refractivity contribution is -0.125. The zero-order chi connectivity index (χ0) is 12.5. The van der Waals surface area contributed by atoms with Gasteiger partial charge >= 0.3 is 0 Å². The van der Waals surface area contributed by atoms with Crippen LogP contribution in [-0.4, -0.2) is 34.7 Å². The average molecular weight is 265 g/mol. The fourth-order valence-corrected chi connectivity index (χ4v) is 2.48. The second-order valence-corrected chi connectivity index (χ2v) is 5.01. The molecule has 0 atom stereocenters. The SMILES string of the molecule is O=C(Cn1cnc2sccc2c1=O)NC1COC1. The van der Waals surface area contributed by atoms with E-state index in [9.17, 15) is 9.59 Å². The zero-order valence-corrected chi connectivity index (χ0v) is 10.3. The van der Waals surface area contributed by atoms with E-state index < -0.39 is 0 Å². The van der Waals surface area contributed by atoms with Crippen LogP contribution < -0.4 is 10.9 Å². The van der Waals surface area contributed by atoms with Crippen LogP contribution >= 0.6 is 11.3 Å². The maximum atomic E-state index is 12.0. The molecular weight excluding hydrogens is 254 g/mol. The van der Waals surface area contributed by atoms with Crippen LogP contribution in [0.15, 0.2) is 22.6 Å². The van der Waals surface area contributed by atoms with Crippen LogP contribution in [-0.2, 0) is 16.1 Å². The number of aromatic nitrogens is 2. The smallest absolute Gasteiger partial charge is 0.262 e. The van der Waals surface area contributed by atoms with Crippen LogP contribution in [0.4, 0.5) is 0 Å². The minimum Gasteiger partial charge on any atom is -0.377 e. The molecule has 1 aliphatic heterocycles. The molecule has 1 saturated heterocycles. The highest BCUT2D eigenvalue weighted by atomic mass is 32.1. The van der Waals surface area contributed by atoms with Crippen molar-refractivity contribution in [2.24, 2.45) is 0 Å². The number of carbonyl (C=O) groups is 1. The lowest BCUT2D eigenvalue weighted by Crippen LogP contribution is -2.49. The first-order valence-corrected chi connectivity index (χ1v) is 6.42. The van der Waals surface area contributed by atoms with Gasteiger partial charge in [0.2, 0.25) is 5.91 Å². The van der Waals surface area contributed by atoms with Crippen LogP contribution in [0.2, 0.25) is 0 Å². The molecule has 6 nitrogen and oxygen atoms in total. The number of amides is 1. The highest BCUT2D eigenvalue weighted by Gasteiger charge is 2.20. The minimum absolute atomic E-state index is 0.00583. The van der Waals surface area contributed by atoms with Crippen molar-refractivity contribution in [1.29, 1.82) is 0 Å². The summed E-state index contributed by atoms with van der Waals surface area (Å²) in [4.78, 5) is 28.6. The lowest BCUT2D eigenvalue weighted by Gasteiger charge is -2.26. The number of ether oxygens (including phenoxy) is 1. The number of thiophene rings is 1. The molecule has 2 aromatic heterocycles. The Morgan fingerprint density at radius 1 is 1.61 bits per heavy atom. The molecule has 0 unspecified atom stereocenters. The highest BCUT2D eigenvalue weighted by Crippen LogP contribution is 2.13. The molecule has 3 rings (SSSR count). The van der Waals surface area contributed by atoms with E-state index in [4.69, 9.17) is 4.74 Å². The molecule has 1 fully saturated rings. The second-order valence-electron chi connectivity index (χ2n) is 4.12. The van der Waals surface area contributed by atoms with Crippen molar-refractivity contribution >= 4 is 27.5 Å². The number of nitrogens with zero attached hydrogens (tertiary/aromatic N) is 2. The van der Waals surface area contributed by atoms with Crippen molar-refractivity contribution in [3.63, 3.8) is 0 Å². The van der Waals surface area contributed by atoms with Gasteiger partial charge in [0.05, 0.1) is 31.0 Å². The van der Waals surface area contributed by atoms with E-state index in [-0.39, 0.29) is 24.1 Å². The molecular formula is C11H11N3O3S. The van der Waals surface area contributed by atoms with Gasteiger partial charge < -0.3 is 10.1 Å². The molecule has 0 bridgehead atoms. The molecule has 1 aliphatic rings. The van der Waals surface area contributed by atoms with E-state index in [2.05, 4.69) is 10.3 Å². The van der Waals surface area contributed by atoms with E-state index in [0.29, 0.717) is 23.4 Å². The van der Waals surface area contributed by atoms with Crippen LogP contribution in [0, 0.1) is 0 Å². The van der Waals surface area contributed by atoms with Gasteiger partial charge in [0.25, 0.3) is 5.56 Å². The second kappa shape index (κ2) is 4.51. The third kappa shape index (κ3) is 2.02. The number of fused-ring (bicyclic) bond motifs is 1. The summed E-state index contributed by atoms with van der Waals surface area (Å²) < 4.78 is 6.29. The molecule has 0 spiro atoms. The maximum absolute atomic E-state index is 12.0. The molecule has 0 aromatic carbocycles. The third-order valence-corrected chi connectivity index (χ3v) is 3.59. The first kappa shape index (κ1) is 11.4. The summed E-state index contributed by atoms with van der Waals surface area (Å²) >= 11 is 1.41. The van der Waals surface area contributed by atoms with Crippen LogP contribution in [0.3, 0.4) is 0 Å². The van der Waals surface area contributed by atoms with Gasteiger partial charge in [-0.15, -0.1) is 11.3 Å². The summed E-state index contributed by atoms with van der Waals surface area (Å²) in [5, 5.41) is 5.16. The van der Waals surface area contributed by atoms with Crippen LogP contribution in [0.1, 0.15) is 0 Å². The summed E-state index contributed by atoms with van der Waals surface area (Å²) in [5.74, 6) is -0.193. The summed E-state index contributed by atoms with van der Waals surface area (Å²) in [5.41, 5.74) is -0.179. The molecule has 0 radical (unpaired) electrons. The largest absolute Gasteiger partial charge is 0.377 e. The molecule has 7 heteroatoms. The molecule has 0 saturated carbocycles. The first-order valence-electron chi connectivity index (χ1n) is 5.54. The van der Waals surface area contributed by atoms with Gasteiger partial charge in [-0.3, -0.25) is 14.2 Å². The van der Waals surface area contributed by atoms with E-state index in [1.807, 2.05) is 5.38 Å². The summed E-state index contributed by atoms with van der Waals surface area (Å²) in [6.07, 6.45) is 1.41. The van der Waals surface area contributed by atoms with Crippen molar-refractivity contribution in [2.75, 3.05) is 13.2 Å². The predicted molar refractivity (Wildman–Crippen MR) is 66.6 cm³/mol. The fraction of sp³-hybridized carbons (Fsp3) is 0.364. The molecule has 1 amide bonds. The Labute approximate surface area is 106 Å². The van der Waals surface area contributed by atoms with Crippen LogP contribution in [0.25, 0.3) is 10.2 Å². The molecule has 1 N–H and O–H groups in total. The Balaban J connectivity index is 1.79. The summed E-state index contributed by atoms with van der Waals surface area (Å²) in [6.45, 7) is 1.08. The van der Waals surface area contributed by atoms with E-state index in [1.54, 1.807) is 6.07 Å². The molecule has 94 valence electrons. The third-order valence-electron chi connectivity index (χ3n) is 2.77. The van der Waals surface area contributed by atoms with E-state index in [1.165, 1.54) is 22.2 Å². The Hall–Kier alpha value is -1.73. The van der Waals surface area contributed by atoms with Gasteiger partial charge in [-0.05, 0) is 11.4 Å². The quantitative estimate of drug-likeness (QED) is 0.846. The fourth-order valence-electron chi connectivity index (χ4n) is 1.75. The van der Waals surface area contributed by atoms with Crippen molar-refractivity contribution in [2.45, 2.75) is 12.6 Å².